The largest absolute Gasteiger partial charge is 0.393 e. The normalized spacial score (nSPS) is 60.3. The van der Waals surface area contributed by atoms with Gasteiger partial charge in [-0.2, -0.15) is 0 Å². The predicted molar refractivity (Wildman–Crippen MR) is 110 cm³/mol. The van der Waals surface area contributed by atoms with E-state index in [1.807, 2.05) is 0 Å². The summed E-state index contributed by atoms with van der Waals surface area (Å²) in [7, 11) is 0. The second-order valence-electron chi connectivity index (χ2n) is 11.1. The number of hydrogen-bond donors (Lipinski definition) is 1. The van der Waals surface area contributed by atoms with Crippen molar-refractivity contribution in [2.24, 2.45) is 39.9 Å². The van der Waals surface area contributed by atoms with Gasteiger partial charge in [-0.05, 0) is 86.4 Å². The molecule has 1 N–H and O–H groups in total. The first-order valence-corrected chi connectivity index (χ1v) is 11.7. The average Bonchev–Trinajstić information content (AvgIpc) is 2.80. The molecule has 4 saturated carbocycles. The summed E-state index contributed by atoms with van der Waals surface area (Å²) in [4.78, 5) is 12.7. The van der Waals surface area contributed by atoms with Gasteiger partial charge in [-0.15, -0.1) is 0 Å². The molecule has 0 aromatic rings. The van der Waals surface area contributed by atoms with Crippen molar-refractivity contribution in [2.45, 2.75) is 96.2 Å². The Bertz CT molecular complexity index is 654. The molecule has 2 nitrogen and oxygen atoms in total. The van der Waals surface area contributed by atoms with E-state index in [1.54, 1.807) is 6.92 Å². The van der Waals surface area contributed by atoms with Crippen LogP contribution in [0, 0.1) is 39.9 Å². The summed E-state index contributed by atoms with van der Waals surface area (Å²) in [6, 6.07) is 0. The molecular weight excluding hydrogens is 407 g/mol. The van der Waals surface area contributed by atoms with E-state index in [9.17, 15) is 9.90 Å². The number of halogens is 2. The number of carbonyl (C=O) groups excluding carboxylic acids is 1. The van der Waals surface area contributed by atoms with Gasteiger partial charge in [0, 0.05) is 5.41 Å². The fraction of sp³-hybridized carbons (Fsp3) is 0.957. The lowest BCUT2D eigenvalue weighted by molar-refractivity contribution is -0.156. The van der Waals surface area contributed by atoms with Crippen LogP contribution in [0.15, 0.2) is 0 Å². The zero-order chi connectivity index (χ0) is 20.0. The summed E-state index contributed by atoms with van der Waals surface area (Å²) in [5, 5.41) is 10.3. The number of hydrogen-bond acceptors (Lipinski definition) is 2. The number of Topliss-reactive ketones (excluding diaryl/α,β-unsaturated/α-hetero) is 1. The molecule has 4 fully saturated rings. The fourth-order valence-corrected chi connectivity index (χ4v) is 9.55. The number of rotatable bonds is 1. The third-order valence-corrected chi connectivity index (χ3v) is 12.3. The van der Waals surface area contributed by atoms with Crippen molar-refractivity contribution in [3.8, 4) is 0 Å². The number of carbonyl (C=O) groups is 1. The van der Waals surface area contributed by atoms with E-state index < -0.39 is 16.6 Å². The zero-order valence-electron chi connectivity index (χ0n) is 17.5. The quantitative estimate of drug-likeness (QED) is 0.528. The summed E-state index contributed by atoms with van der Waals surface area (Å²) in [5.41, 5.74) is -0.425. The Kier molecular flexibility index (Phi) is 4.54. The molecule has 4 heteroatoms. The van der Waals surface area contributed by atoms with Crippen molar-refractivity contribution in [2.75, 3.05) is 0 Å². The van der Waals surface area contributed by atoms with Gasteiger partial charge in [-0.1, -0.05) is 43.6 Å². The Morgan fingerprint density at radius 3 is 2.33 bits per heavy atom. The Balaban J connectivity index is 1.74. The molecular formula is C23H36BrFO2. The predicted octanol–water partition coefficient (Wildman–Crippen LogP) is 5.70. The van der Waals surface area contributed by atoms with Gasteiger partial charge in [0.15, 0.2) is 0 Å². The van der Waals surface area contributed by atoms with Crippen LogP contribution in [0.3, 0.4) is 0 Å². The molecule has 27 heavy (non-hydrogen) atoms. The minimum absolute atomic E-state index is 0.0179. The van der Waals surface area contributed by atoms with Crippen LogP contribution in [0.5, 0.6) is 0 Å². The van der Waals surface area contributed by atoms with Crippen LogP contribution in [0.4, 0.5) is 4.39 Å². The molecule has 0 radical (unpaired) electrons. The van der Waals surface area contributed by atoms with Crippen molar-refractivity contribution in [1.29, 1.82) is 0 Å². The Morgan fingerprint density at radius 2 is 1.70 bits per heavy atom. The van der Waals surface area contributed by atoms with Crippen molar-refractivity contribution in [3.63, 3.8) is 0 Å². The van der Waals surface area contributed by atoms with E-state index in [2.05, 4.69) is 43.6 Å². The van der Waals surface area contributed by atoms with Crippen LogP contribution in [-0.2, 0) is 4.79 Å². The van der Waals surface area contributed by atoms with Gasteiger partial charge in [0.05, 0.1) is 10.4 Å². The molecule has 4 rings (SSSR count). The van der Waals surface area contributed by atoms with Crippen molar-refractivity contribution in [1.82, 2.24) is 0 Å². The summed E-state index contributed by atoms with van der Waals surface area (Å²) in [6.07, 6.45) is 4.66. The average molecular weight is 443 g/mol. The first-order valence-electron chi connectivity index (χ1n) is 10.9. The summed E-state index contributed by atoms with van der Waals surface area (Å²) < 4.78 is 15.1. The lowest BCUT2D eigenvalue weighted by Gasteiger charge is -2.65. The van der Waals surface area contributed by atoms with Crippen LogP contribution in [0.25, 0.3) is 0 Å². The number of aliphatic hydroxyl groups excluding tert-OH is 1. The van der Waals surface area contributed by atoms with Gasteiger partial charge < -0.3 is 5.11 Å². The summed E-state index contributed by atoms with van der Waals surface area (Å²) in [5.74, 6) is 1.94. The molecule has 4 aliphatic rings. The van der Waals surface area contributed by atoms with Gasteiger partial charge >= 0.3 is 0 Å². The molecule has 0 aliphatic heterocycles. The van der Waals surface area contributed by atoms with Crippen molar-refractivity contribution < 1.29 is 14.3 Å². The lowest BCUT2D eigenvalue weighted by Crippen LogP contribution is -2.65. The van der Waals surface area contributed by atoms with E-state index >= 15 is 4.39 Å². The smallest absolute Gasteiger partial charge is 0.136 e. The first kappa shape index (κ1) is 20.3. The van der Waals surface area contributed by atoms with E-state index in [4.69, 9.17) is 0 Å². The third-order valence-electron chi connectivity index (χ3n) is 10.6. The Hall–Kier alpha value is 0.0400. The SMILES string of the molecule is CC(=O)[C@@]1(C)[C@H](C)C[C@H]2[C@@H]3C[C@H](F)[C@@]4(Br)C[C@H](O)CC[C@]4(C)[C@H]3CC[C@@]21C. The number of ketones is 1. The van der Waals surface area contributed by atoms with Crippen molar-refractivity contribution in [3.05, 3.63) is 0 Å². The maximum Gasteiger partial charge on any atom is 0.136 e. The third kappa shape index (κ3) is 2.29. The van der Waals surface area contributed by atoms with E-state index in [-0.39, 0.29) is 16.2 Å². The van der Waals surface area contributed by atoms with Crippen molar-refractivity contribution >= 4 is 21.7 Å². The second-order valence-corrected chi connectivity index (χ2v) is 12.5. The van der Waals surface area contributed by atoms with Crippen LogP contribution in [-0.4, -0.2) is 27.5 Å². The van der Waals surface area contributed by atoms with Crippen LogP contribution >= 0.6 is 15.9 Å². The Morgan fingerprint density at radius 1 is 1.07 bits per heavy atom. The van der Waals surface area contributed by atoms with Crippen LogP contribution in [0.2, 0.25) is 0 Å². The fourth-order valence-electron chi connectivity index (χ4n) is 8.49. The molecule has 0 unspecified atom stereocenters. The van der Waals surface area contributed by atoms with Gasteiger partial charge in [0.2, 0.25) is 0 Å². The molecule has 0 aromatic carbocycles. The molecule has 0 bridgehead atoms. The molecule has 10 atom stereocenters. The molecule has 0 spiro atoms. The highest BCUT2D eigenvalue weighted by atomic mass is 79.9. The number of aliphatic hydroxyl groups is 1. The summed E-state index contributed by atoms with van der Waals surface area (Å²) in [6.45, 7) is 10.8. The molecule has 0 aromatic heterocycles. The summed E-state index contributed by atoms with van der Waals surface area (Å²) >= 11 is 3.85. The molecule has 154 valence electrons. The number of alkyl halides is 2. The lowest BCUT2D eigenvalue weighted by atomic mass is 9.43. The van der Waals surface area contributed by atoms with E-state index in [0.29, 0.717) is 42.3 Å². The van der Waals surface area contributed by atoms with Crippen LogP contribution < -0.4 is 0 Å². The monoisotopic (exact) mass is 442 g/mol. The van der Waals surface area contributed by atoms with Crippen LogP contribution in [0.1, 0.15) is 79.6 Å². The molecule has 4 aliphatic carbocycles. The topological polar surface area (TPSA) is 37.3 Å². The maximum absolute atomic E-state index is 15.7. The maximum atomic E-state index is 15.7. The highest BCUT2D eigenvalue weighted by molar-refractivity contribution is 9.10. The molecule has 0 amide bonds. The van der Waals surface area contributed by atoms with Gasteiger partial charge in [-0.3, -0.25) is 4.79 Å². The number of fused-ring (bicyclic) bond motifs is 5. The molecule has 0 saturated heterocycles. The molecule has 0 heterocycles. The Labute approximate surface area is 172 Å². The highest BCUT2D eigenvalue weighted by Crippen LogP contribution is 2.73. The standard InChI is InChI=1S/C23H36BrFO2/c1-13-10-18-16-11-19(25)23(24)12-15(27)6-8-21(23,4)17(16)7-9-20(18,3)22(13,5)14(2)26/h13,15-19,27H,6-12H2,1-5H3/t13-,15-,16-,17+,18+,19+,20+,21-,22-,23+/m1/s1. The first-order chi connectivity index (χ1) is 12.4. The van der Waals surface area contributed by atoms with E-state index in [0.717, 1.165) is 32.1 Å². The van der Waals surface area contributed by atoms with E-state index in [1.165, 1.54) is 0 Å². The highest BCUT2D eigenvalue weighted by Gasteiger charge is 2.70. The van der Waals surface area contributed by atoms with Gasteiger partial charge in [0.25, 0.3) is 0 Å². The van der Waals surface area contributed by atoms with Gasteiger partial charge in [-0.25, -0.2) is 4.39 Å². The van der Waals surface area contributed by atoms with Gasteiger partial charge in [0.1, 0.15) is 12.0 Å². The minimum atomic E-state index is -0.930. The minimum Gasteiger partial charge on any atom is -0.393 e. The zero-order valence-corrected chi connectivity index (χ0v) is 19.1. The second kappa shape index (κ2) is 6.03.